The summed E-state index contributed by atoms with van der Waals surface area (Å²) >= 11 is 0. The molecule has 3 rings (SSSR count). The first-order valence-electron chi connectivity index (χ1n) is 7.16. The molecule has 0 aliphatic rings. The number of nitro benzene ring substituents is 1. The highest BCUT2D eigenvalue weighted by atomic mass is 16.6. The summed E-state index contributed by atoms with van der Waals surface area (Å²) in [5, 5.41) is 10.9. The van der Waals surface area contributed by atoms with Crippen molar-refractivity contribution in [2.45, 2.75) is 0 Å². The van der Waals surface area contributed by atoms with Gasteiger partial charge < -0.3 is 15.2 Å². The molecule has 3 aromatic rings. The number of benzene rings is 3. The highest BCUT2D eigenvalue weighted by molar-refractivity contribution is 5.59. The number of para-hydroxylation sites is 1. The summed E-state index contributed by atoms with van der Waals surface area (Å²) in [7, 11) is 0. The van der Waals surface area contributed by atoms with E-state index < -0.39 is 4.92 Å². The summed E-state index contributed by atoms with van der Waals surface area (Å²) in [5.74, 6) is 1.98. The number of nitrogen functional groups attached to an aromatic ring is 1. The van der Waals surface area contributed by atoms with Gasteiger partial charge in [-0.2, -0.15) is 0 Å². The zero-order valence-electron chi connectivity index (χ0n) is 12.6. The Morgan fingerprint density at radius 1 is 0.792 bits per heavy atom. The standard InChI is InChI=1S/C18H14N2O4/c19-17-10-9-13(20(21)22)11-18(17)24-16-8-4-7-15(12-16)23-14-5-2-1-3-6-14/h1-12H,19H2. The molecule has 0 saturated heterocycles. The van der Waals surface area contributed by atoms with E-state index in [1.807, 2.05) is 30.3 Å². The third-order valence-electron chi connectivity index (χ3n) is 3.22. The minimum absolute atomic E-state index is 0.0871. The monoisotopic (exact) mass is 322 g/mol. The van der Waals surface area contributed by atoms with Gasteiger partial charge >= 0.3 is 0 Å². The quantitative estimate of drug-likeness (QED) is 0.415. The second-order valence-corrected chi connectivity index (χ2v) is 4.97. The minimum Gasteiger partial charge on any atom is -0.457 e. The lowest BCUT2D eigenvalue weighted by molar-refractivity contribution is -0.384. The Kier molecular flexibility index (Phi) is 4.29. The molecule has 0 radical (unpaired) electrons. The zero-order chi connectivity index (χ0) is 16.9. The fourth-order valence-electron chi connectivity index (χ4n) is 2.08. The van der Waals surface area contributed by atoms with E-state index in [2.05, 4.69) is 0 Å². The number of hydrogen-bond acceptors (Lipinski definition) is 5. The van der Waals surface area contributed by atoms with Crippen LogP contribution in [0.15, 0.2) is 72.8 Å². The highest BCUT2D eigenvalue weighted by Gasteiger charge is 2.11. The number of nitro groups is 1. The van der Waals surface area contributed by atoms with Crippen molar-refractivity contribution >= 4 is 11.4 Å². The van der Waals surface area contributed by atoms with Crippen molar-refractivity contribution in [1.29, 1.82) is 0 Å². The third kappa shape index (κ3) is 3.61. The fraction of sp³-hybridized carbons (Fsp3) is 0. The van der Waals surface area contributed by atoms with Crippen LogP contribution < -0.4 is 15.2 Å². The first kappa shape index (κ1) is 15.4. The van der Waals surface area contributed by atoms with E-state index in [0.717, 1.165) is 0 Å². The number of anilines is 1. The first-order chi connectivity index (χ1) is 11.6. The molecule has 0 heterocycles. The van der Waals surface area contributed by atoms with Gasteiger partial charge in [-0.15, -0.1) is 0 Å². The molecule has 0 fully saturated rings. The largest absolute Gasteiger partial charge is 0.457 e. The van der Waals surface area contributed by atoms with Crippen LogP contribution in [-0.4, -0.2) is 4.92 Å². The Labute approximate surface area is 138 Å². The molecule has 3 aromatic carbocycles. The highest BCUT2D eigenvalue weighted by Crippen LogP contribution is 2.33. The Balaban J connectivity index is 1.82. The zero-order valence-corrected chi connectivity index (χ0v) is 12.6. The molecular weight excluding hydrogens is 308 g/mol. The fourth-order valence-corrected chi connectivity index (χ4v) is 2.08. The maximum atomic E-state index is 10.9. The molecule has 0 bridgehead atoms. The number of hydrogen-bond donors (Lipinski definition) is 1. The average molecular weight is 322 g/mol. The van der Waals surface area contributed by atoms with Crippen molar-refractivity contribution in [3.8, 4) is 23.0 Å². The predicted octanol–water partition coefficient (Wildman–Crippen LogP) is 4.76. The Hall–Kier alpha value is -3.54. The molecule has 0 saturated carbocycles. The van der Waals surface area contributed by atoms with Crippen molar-refractivity contribution in [1.82, 2.24) is 0 Å². The molecule has 0 unspecified atom stereocenters. The van der Waals surface area contributed by atoms with E-state index in [1.165, 1.54) is 18.2 Å². The van der Waals surface area contributed by atoms with Gasteiger partial charge in [0.25, 0.3) is 5.69 Å². The maximum absolute atomic E-state index is 10.9. The summed E-state index contributed by atoms with van der Waals surface area (Å²) < 4.78 is 11.4. The average Bonchev–Trinajstić information content (AvgIpc) is 2.58. The number of ether oxygens (including phenoxy) is 2. The summed E-state index contributed by atoms with van der Waals surface area (Å²) in [6, 6.07) is 20.3. The topological polar surface area (TPSA) is 87.6 Å². The number of nitrogens with two attached hydrogens (primary N) is 1. The van der Waals surface area contributed by atoms with Gasteiger partial charge in [0.15, 0.2) is 5.75 Å². The van der Waals surface area contributed by atoms with Crippen molar-refractivity contribution in [3.05, 3.63) is 82.9 Å². The van der Waals surface area contributed by atoms with E-state index in [-0.39, 0.29) is 11.4 Å². The number of rotatable bonds is 5. The lowest BCUT2D eigenvalue weighted by Gasteiger charge is -2.10. The van der Waals surface area contributed by atoms with Crippen LogP contribution in [0.3, 0.4) is 0 Å². The Morgan fingerprint density at radius 2 is 1.46 bits per heavy atom. The van der Waals surface area contributed by atoms with Crippen molar-refractivity contribution in [3.63, 3.8) is 0 Å². The van der Waals surface area contributed by atoms with Gasteiger partial charge in [-0.25, -0.2) is 0 Å². The van der Waals surface area contributed by atoms with Gasteiger partial charge in [0.2, 0.25) is 0 Å². The Morgan fingerprint density at radius 3 is 2.17 bits per heavy atom. The molecule has 6 nitrogen and oxygen atoms in total. The van der Waals surface area contributed by atoms with Crippen LogP contribution in [0.25, 0.3) is 0 Å². The number of non-ortho nitro benzene ring substituents is 1. The molecule has 0 aromatic heterocycles. The second-order valence-electron chi connectivity index (χ2n) is 4.97. The molecule has 6 heteroatoms. The van der Waals surface area contributed by atoms with Gasteiger partial charge in [-0.3, -0.25) is 10.1 Å². The van der Waals surface area contributed by atoms with Crippen LogP contribution in [0.5, 0.6) is 23.0 Å². The van der Waals surface area contributed by atoms with E-state index in [9.17, 15) is 10.1 Å². The van der Waals surface area contributed by atoms with Crippen molar-refractivity contribution in [2.75, 3.05) is 5.73 Å². The molecular formula is C18H14N2O4. The van der Waals surface area contributed by atoms with Crippen molar-refractivity contribution in [2.24, 2.45) is 0 Å². The van der Waals surface area contributed by atoms with Gasteiger partial charge in [0, 0.05) is 12.1 Å². The minimum atomic E-state index is -0.499. The molecule has 2 N–H and O–H groups in total. The third-order valence-corrected chi connectivity index (χ3v) is 3.22. The summed E-state index contributed by atoms with van der Waals surface area (Å²) in [6.45, 7) is 0. The van der Waals surface area contributed by atoms with E-state index in [0.29, 0.717) is 22.9 Å². The molecule has 0 aliphatic carbocycles. The molecule has 0 amide bonds. The smallest absolute Gasteiger partial charge is 0.273 e. The lowest BCUT2D eigenvalue weighted by atomic mass is 10.2. The molecule has 0 atom stereocenters. The van der Waals surface area contributed by atoms with Crippen LogP contribution >= 0.6 is 0 Å². The lowest BCUT2D eigenvalue weighted by Crippen LogP contribution is -1.95. The summed E-state index contributed by atoms with van der Waals surface area (Å²) in [5.41, 5.74) is 6.05. The van der Waals surface area contributed by atoms with Gasteiger partial charge in [-0.1, -0.05) is 24.3 Å². The van der Waals surface area contributed by atoms with Crippen LogP contribution in [0, 0.1) is 10.1 Å². The van der Waals surface area contributed by atoms with Crippen LogP contribution in [0.1, 0.15) is 0 Å². The molecule has 0 aliphatic heterocycles. The van der Waals surface area contributed by atoms with E-state index in [1.54, 1.807) is 24.3 Å². The SMILES string of the molecule is Nc1ccc([N+](=O)[O-])cc1Oc1cccc(Oc2ccccc2)c1. The maximum Gasteiger partial charge on any atom is 0.273 e. The van der Waals surface area contributed by atoms with Gasteiger partial charge in [0.1, 0.15) is 17.2 Å². The molecule has 0 spiro atoms. The number of nitrogens with zero attached hydrogens (tertiary/aromatic N) is 1. The summed E-state index contributed by atoms with van der Waals surface area (Å²) in [6.07, 6.45) is 0. The van der Waals surface area contributed by atoms with E-state index >= 15 is 0 Å². The predicted molar refractivity (Wildman–Crippen MR) is 90.5 cm³/mol. The van der Waals surface area contributed by atoms with Gasteiger partial charge in [0.05, 0.1) is 16.7 Å². The first-order valence-corrected chi connectivity index (χ1v) is 7.16. The molecule has 120 valence electrons. The van der Waals surface area contributed by atoms with Crippen LogP contribution in [-0.2, 0) is 0 Å². The summed E-state index contributed by atoms with van der Waals surface area (Å²) in [4.78, 5) is 10.4. The van der Waals surface area contributed by atoms with Gasteiger partial charge in [-0.05, 0) is 30.3 Å². The molecule has 24 heavy (non-hydrogen) atoms. The Bertz CT molecular complexity index is 866. The second kappa shape index (κ2) is 6.70. The van der Waals surface area contributed by atoms with Crippen molar-refractivity contribution < 1.29 is 14.4 Å². The van der Waals surface area contributed by atoms with E-state index in [4.69, 9.17) is 15.2 Å². The van der Waals surface area contributed by atoms with Crippen LogP contribution in [0.4, 0.5) is 11.4 Å². The normalized spacial score (nSPS) is 10.2. The van der Waals surface area contributed by atoms with Crippen LogP contribution in [0.2, 0.25) is 0 Å².